The monoisotopic (exact) mass is 566 g/mol. The summed E-state index contributed by atoms with van der Waals surface area (Å²) in [4.78, 5) is 30.2. The summed E-state index contributed by atoms with van der Waals surface area (Å²) >= 11 is 0. The number of hydrogen-bond donors (Lipinski definition) is 2. The van der Waals surface area contributed by atoms with Gasteiger partial charge in [-0.3, -0.25) is 14.8 Å². The minimum Gasteiger partial charge on any atom is -0.367 e. The summed E-state index contributed by atoms with van der Waals surface area (Å²) in [5.41, 5.74) is 2.69. The number of carbonyl (C=O) groups excluding carboxylic acids is 1. The van der Waals surface area contributed by atoms with E-state index in [9.17, 15) is 21.6 Å². The Hall–Kier alpha value is -3.97. The average molecular weight is 567 g/mol. The van der Waals surface area contributed by atoms with Crippen LogP contribution in [0.3, 0.4) is 0 Å². The van der Waals surface area contributed by atoms with E-state index in [1.54, 1.807) is 12.3 Å². The molecule has 5 heterocycles. The number of amides is 1. The molecule has 39 heavy (non-hydrogen) atoms. The van der Waals surface area contributed by atoms with Crippen molar-refractivity contribution in [1.82, 2.24) is 25.3 Å². The number of fused-ring (bicyclic) bond motifs is 1. The quantitative estimate of drug-likeness (QED) is 0.340. The molecule has 0 aliphatic carbocycles. The van der Waals surface area contributed by atoms with E-state index in [4.69, 9.17) is 4.98 Å². The van der Waals surface area contributed by atoms with E-state index in [2.05, 4.69) is 25.6 Å². The number of rotatable bonds is 7. The molecule has 1 fully saturated rings. The SMILES string of the molecule is CS(=O)(=O)c1cncc(C(=O)NCc2cc3nc(-c4cccc(NC5CCS(=O)(=O)CC5)n4)ccc3cn2)c1. The van der Waals surface area contributed by atoms with Crippen LogP contribution in [0, 0.1) is 0 Å². The number of hydrogen-bond acceptors (Lipinski definition) is 10. The van der Waals surface area contributed by atoms with Crippen molar-refractivity contribution in [3.63, 3.8) is 0 Å². The van der Waals surface area contributed by atoms with Crippen molar-refractivity contribution in [2.75, 3.05) is 23.1 Å². The number of aromatic nitrogens is 4. The maximum absolute atomic E-state index is 12.6. The van der Waals surface area contributed by atoms with Crippen molar-refractivity contribution in [3.8, 4) is 11.4 Å². The fourth-order valence-corrected chi connectivity index (χ4v) is 6.30. The van der Waals surface area contributed by atoms with E-state index in [0.29, 0.717) is 41.3 Å². The lowest BCUT2D eigenvalue weighted by Gasteiger charge is -2.23. The summed E-state index contributed by atoms with van der Waals surface area (Å²) in [7, 11) is -6.42. The fourth-order valence-electron chi connectivity index (χ4n) is 4.22. The van der Waals surface area contributed by atoms with Crippen LogP contribution in [0.1, 0.15) is 28.9 Å². The molecule has 0 unspecified atom stereocenters. The molecule has 0 radical (unpaired) electrons. The molecule has 4 aromatic rings. The van der Waals surface area contributed by atoms with Crippen LogP contribution in [-0.2, 0) is 26.2 Å². The number of nitrogens with zero attached hydrogens (tertiary/aromatic N) is 4. The smallest absolute Gasteiger partial charge is 0.253 e. The molecule has 1 aliphatic rings. The predicted octanol–water partition coefficient (Wildman–Crippen LogP) is 2.41. The topological polar surface area (TPSA) is 161 Å². The number of sulfone groups is 2. The van der Waals surface area contributed by atoms with Crippen molar-refractivity contribution < 1.29 is 21.6 Å². The standard InChI is InChI=1S/C26H26N6O5S2/c1-38(34,35)21-11-18(13-27-16-21)26(33)29-15-20-12-24-17(14-28-20)5-6-23(31-24)22-3-2-4-25(32-22)30-19-7-9-39(36,37)10-8-19/h2-6,11-14,16,19H,7-10,15H2,1H3,(H,29,33)(H,30,32). The Morgan fingerprint density at radius 1 is 1.00 bits per heavy atom. The van der Waals surface area contributed by atoms with Crippen molar-refractivity contribution in [2.24, 2.45) is 0 Å². The first-order valence-electron chi connectivity index (χ1n) is 12.2. The third-order valence-corrected chi connectivity index (χ3v) is 9.18. The summed E-state index contributed by atoms with van der Waals surface area (Å²) in [5.74, 6) is 0.543. The van der Waals surface area contributed by atoms with Gasteiger partial charge in [0.2, 0.25) is 0 Å². The predicted molar refractivity (Wildman–Crippen MR) is 147 cm³/mol. The summed E-state index contributed by atoms with van der Waals surface area (Å²) in [6.07, 6.45) is 6.33. The summed E-state index contributed by atoms with van der Waals surface area (Å²) in [5, 5.41) is 6.89. The summed E-state index contributed by atoms with van der Waals surface area (Å²) < 4.78 is 46.9. The maximum atomic E-state index is 12.6. The molecule has 13 heteroatoms. The van der Waals surface area contributed by atoms with E-state index >= 15 is 0 Å². The Morgan fingerprint density at radius 3 is 2.54 bits per heavy atom. The highest BCUT2D eigenvalue weighted by Gasteiger charge is 2.23. The van der Waals surface area contributed by atoms with Gasteiger partial charge in [-0.05, 0) is 49.2 Å². The van der Waals surface area contributed by atoms with Gasteiger partial charge in [0.05, 0.1) is 51.1 Å². The first-order valence-corrected chi connectivity index (χ1v) is 15.9. The number of anilines is 1. The van der Waals surface area contributed by atoms with Crippen LogP contribution in [0.5, 0.6) is 0 Å². The Bertz CT molecular complexity index is 1760. The van der Waals surface area contributed by atoms with Gasteiger partial charge in [-0.2, -0.15) is 0 Å². The first-order chi connectivity index (χ1) is 18.6. The first kappa shape index (κ1) is 26.6. The molecule has 1 aliphatic heterocycles. The minimum atomic E-state index is -3.49. The van der Waals surface area contributed by atoms with Gasteiger partial charge in [0.25, 0.3) is 5.91 Å². The summed E-state index contributed by atoms with van der Waals surface area (Å²) in [6, 6.07) is 12.4. The molecule has 0 saturated carbocycles. The third-order valence-electron chi connectivity index (χ3n) is 6.38. The second-order valence-corrected chi connectivity index (χ2v) is 13.7. The van der Waals surface area contributed by atoms with Crippen LogP contribution in [0.25, 0.3) is 22.3 Å². The molecule has 0 aromatic carbocycles. The highest BCUT2D eigenvalue weighted by molar-refractivity contribution is 7.91. The van der Waals surface area contributed by atoms with E-state index in [1.807, 2.05) is 30.3 Å². The lowest BCUT2D eigenvalue weighted by molar-refractivity contribution is 0.0950. The molecule has 5 rings (SSSR count). The number of nitrogens with one attached hydrogen (secondary N) is 2. The Labute approximate surface area is 226 Å². The number of carbonyl (C=O) groups is 1. The lowest BCUT2D eigenvalue weighted by atomic mass is 10.1. The van der Waals surface area contributed by atoms with Crippen LogP contribution < -0.4 is 10.6 Å². The minimum absolute atomic E-state index is 0.0322. The second kappa shape index (κ2) is 10.7. The van der Waals surface area contributed by atoms with E-state index in [-0.39, 0.29) is 34.6 Å². The zero-order chi connectivity index (χ0) is 27.6. The molecular formula is C26H26N6O5S2. The molecule has 0 spiro atoms. The molecule has 0 bridgehead atoms. The highest BCUT2D eigenvalue weighted by atomic mass is 32.2. The molecule has 11 nitrogen and oxygen atoms in total. The Balaban J connectivity index is 1.30. The zero-order valence-corrected chi connectivity index (χ0v) is 22.7. The molecular weight excluding hydrogens is 540 g/mol. The van der Waals surface area contributed by atoms with Crippen LogP contribution in [-0.4, -0.2) is 66.5 Å². The largest absolute Gasteiger partial charge is 0.367 e. The average Bonchev–Trinajstić information content (AvgIpc) is 2.92. The van der Waals surface area contributed by atoms with Gasteiger partial charge >= 0.3 is 0 Å². The summed E-state index contributed by atoms with van der Waals surface area (Å²) in [6.45, 7) is 0.110. The van der Waals surface area contributed by atoms with Crippen molar-refractivity contribution in [2.45, 2.75) is 30.3 Å². The molecule has 1 amide bonds. The molecule has 1 saturated heterocycles. The van der Waals surface area contributed by atoms with E-state index < -0.39 is 25.6 Å². The van der Waals surface area contributed by atoms with Crippen LogP contribution in [0.4, 0.5) is 5.82 Å². The maximum Gasteiger partial charge on any atom is 0.253 e. The Kier molecular flexibility index (Phi) is 7.28. The Morgan fingerprint density at radius 2 is 1.77 bits per heavy atom. The lowest BCUT2D eigenvalue weighted by Crippen LogP contribution is -2.32. The van der Waals surface area contributed by atoms with Gasteiger partial charge in [-0.1, -0.05) is 6.07 Å². The van der Waals surface area contributed by atoms with E-state index in [0.717, 1.165) is 11.6 Å². The van der Waals surface area contributed by atoms with Gasteiger partial charge in [-0.25, -0.2) is 26.8 Å². The normalized spacial score (nSPS) is 15.6. The third kappa shape index (κ3) is 6.55. The second-order valence-electron chi connectivity index (χ2n) is 9.41. The van der Waals surface area contributed by atoms with Gasteiger partial charge in [0.15, 0.2) is 9.84 Å². The molecule has 4 aromatic heterocycles. The fraction of sp³-hybridized carbons (Fsp3) is 0.269. The van der Waals surface area contributed by atoms with Crippen molar-refractivity contribution >= 4 is 42.3 Å². The molecule has 202 valence electrons. The van der Waals surface area contributed by atoms with E-state index in [1.165, 1.54) is 18.5 Å². The molecule has 2 N–H and O–H groups in total. The van der Waals surface area contributed by atoms with Crippen LogP contribution in [0.2, 0.25) is 0 Å². The van der Waals surface area contributed by atoms with Gasteiger partial charge in [0, 0.05) is 36.3 Å². The van der Waals surface area contributed by atoms with Crippen molar-refractivity contribution in [1.29, 1.82) is 0 Å². The molecule has 0 atom stereocenters. The highest BCUT2D eigenvalue weighted by Crippen LogP contribution is 2.23. The van der Waals surface area contributed by atoms with Crippen molar-refractivity contribution in [3.05, 3.63) is 72.3 Å². The zero-order valence-electron chi connectivity index (χ0n) is 21.0. The van der Waals surface area contributed by atoms with Gasteiger partial charge in [0.1, 0.15) is 15.7 Å². The van der Waals surface area contributed by atoms with Gasteiger partial charge < -0.3 is 10.6 Å². The van der Waals surface area contributed by atoms with Gasteiger partial charge in [-0.15, -0.1) is 0 Å². The number of pyridine rings is 4. The van der Waals surface area contributed by atoms with Crippen LogP contribution in [0.15, 0.2) is 66.0 Å². The van der Waals surface area contributed by atoms with Crippen LogP contribution >= 0.6 is 0 Å².